The second-order valence-corrected chi connectivity index (χ2v) is 4.18. The molecule has 0 radical (unpaired) electrons. The lowest BCUT2D eigenvalue weighted by molar-refractivity contribution is 0.854. The number of thiocarbonyl (C=S) groups is 1. The highest BCUT2D eigenvalue weighted by Gasteiger charge is 1.99. The Bertz CT molecular complexity index is 355. The highest BCUT2D eigenvalue weighted by atomic mass is 35.5. The minimum absolute atomic E-state index is 0.560. The second kappa shape index (κ2) is 6.16. The number of nitrogens with one attached hydrogen (secondary N) is 2. The molecule has 0 aliphatic heterocycles. The van der Waals surface area contributed by atoms with E-state index in [-0.39, 0.29) is 0 Å². The van der Waals surface area contributed by atoms with Crippen LogP contribution >= 0.6 is 35.4 Å². The number of hydrogen-bond acceptors (Lipinski definition) is 1. The van der Waals surface area contributed by atoms with Crippen LogP contribution in [-0.4, -0.2) is 11.7 Å². The Hall–Kier alpha value is -0.510. The molecule has 0 heterocycles. The summed E-state index contributed by atoms with van der Waals surface area (Å²) in [7, 11) is 0. The van der Waals surface area contributed by atoms with E-state index in [2.05, 4.69) is 10.6 Å². The largest absolute Gasteiger partial charge is 0.363 e. The molecule has 0 aromatic heterocycles. The first-order chi connectivity index (χ1) is 7.13. The predicted molar refractivity (Wildman–Crippen MR) is 69.6 cm³/mol. The molecule has 0 unspecified atom stereocenters. The molecule has 0 amide bonds. The normalized spacial score (nSPS) is 9.80. The van der Waals surface area contributed by atoms with Gasteiger partial charge in [-0.1, -0.05) is 29.3 Å². The van der Waals surface area contributed by atoms with E-state index in [0.717, 1.165) is 12.1 Å². The van der Waals surface area contributed by atoms with Gasteiger partial charge in [0.2, 0.25) is 0 Å². The SMILES string of the molecule is CCNC(=S)NCc1ccc(Cl)c(Cl)c1. The zero-order valence-corrected chi connectivity index (χ0v) is 10.6. The van der Waals surface area contributed by atoms with E-state index in [9.17, 15) is 0 Å². The molecule has 0 aliphatic carbocycles. The van der Waals surface area contributed by atoms with Gasteiger partial charge in [-0.2, -0.15) is 0 Å². The van der Waals surface area contributed by atoms with E-state index in [4.69, 9.17) is 35.4 Å². The molecule has 1 rings (SSSR count). The Morgan fingerprint density at radius 1 is 1.27 bits per heavy atom. The molecular formula is C10H12Cl2N2S. The molecule has 1 aromatic carbocycles. The van der Waals surface area contributed by atoms with Gasteiger partial charge >= 0.3 is 0 Å². The Balaban J connectivity index is 2.51. The summed E-state index contributed by atoms with van der Waals surface area (Å²) < 4.78 is 0. The van der Waals surface area contributed by atoms with Gasteiger partial charge < -0.3 is 10.6 Å². The molecule has 82 valence electrons. The molecule has 0 spiro atoms. The van der Waals surface area contributed by atoms with Gasteiger partial charge in [-0.15, -0.1) is 0 Å². The fourth-order valence-corrected chi connectivity index (χ4v) is 1.59. The van der Waals surface area contributed by atoms with Crippen molar-refractivity contribution in [3.05, 3.63) is 33.8 Å². The van der Waals surface area contributed by atoms with E-state index in [1.165, 1.54) is 0 Å². The molecular weight excluding hydrogens is 251 g/mol. The van der Waals surface area contributed by atoms with Gasteiger partial charge in [0.15, 0.2) is 5.11 Å². The molecule has 0 aliphatic rings. The van der Waals surface area contributed by atoms with Crippen LogP contribution < -0.4 is 10.6 Å². The third-order valence-corrected chi connectivity index (χ3v) is 2.80. The third-order valence-electron chi connectivity index (χ3n) is 1.77. The van der Waals surface area contributed by atoms with Gasteiger partial charge in [-0.3, -0.25) is 0 Å². The molecule has 2 N–H and O–H groups in total. The average Bonchev–Trinajstić information content (AvgIpc) is 2.20. The first kappa shape index (κ1) is 12.6. The van der Waals surface area contributed by atoms with Crippen molar-refractivity contribution in [1.29, 1.82) is 0 Å². The standard InChI is InChI=1S/C10H12Cl2N2S/c1-2-13-10(15)14-6-7-3-4-8(11)9(12)5-7/h3-5H,2,6H2,1H3,(H2,13,14,15). The van der Waals surface area contributed by atoms with Crippen molar-refractivity contribution < 1.29 is 0 Å². The van der Waals surface area contributed by atoms with E-state index in [0.29, 0.717) is 21.7 Å². The van der Waals surface area contributed by atoms with E-state index in [1.54, 1.807) is 6.07 Å². The zero-order chi connectivity index (χ0) is 11.3. The molecule has 0 saturated carbocycles. The van der Waals surface area contributed by atoms with Crippen LogP contribution in [0.15, 0.2) is 18.2 Å². The number of rotatable bonds is 3. The summed E-state index contributed by atoms with van der Waals surface area (Å²) in [6, 6.07) is 5.51. The Labute approximate surface area is 105 Å². The van der Waals surface area contributed by atoms with Gasteiger partial charge in [0, 0.05) is 13.1 Å². The Morgan fingerprint density at radius 2 is 2.00 bits per heavy atom. The maximum absolute atomic E-state index is 5.88. The molecule has 15 heavy (non-hydrogen) atoms. The molecule has 0 bridgehead atoms. The van der Waals surface area contributed by atoms with Crippen LogP contribution in [0.2, 0.25) is 10.0 Å². The van der Waals surface area contributed by atoms with Crippen LogP contribution in [0.5, 0.6) is 0 Å². The van der Waals surface area contributed by atoms with Gasteiger partial charge in [-0.05, 0) is 36.8 Å². The minimum Gasteiger partial charge on any atom is -0.363 e. The van der Waals surface area contributed by atoms with Gasteiger partial charge in [-0.25, -0.2) is 0 Å². The van der Waals surface area contributed by atoms with Crippen LogP contribution in [-0.2, 0) is 6.54 Å². The summed E-state index contributed by atoms with van der Waals surface area (Å²) in [5, 5.41) is 7.84. The van der Waals surface area contributed by atoms with Crippen molar-refractivity contribution in [2.45, 2.75) is 13.5 Å². The minimum atomic E-state index is 0.560. The van der Waals surface area contributed by atoms with Crippen molar-refractivity contribution >= 4 is 40.5 Å². The monoisotopic (exact) mass is 262 g/mol. The first-order valence-corrected chi connectivity index (χ1v) is 5.75. The summed E-state index contributed by atoms with van der Waals surface area (Å²) in [6.45, 7) is 3.45. The summed E-state index contributed by atoms with van der Waals surface area (Å²) in [6.07, 6.45) is 0. The van der Waals surface area contributed by atoms with Crippen LogP contribution in [0.25, 0.3) is 0 Å². The lowest BCUT2D eigenvalue weighted by Crippen LogP contribution is -2.34. The lowest BCUT2D eigenvalue weighted by atomic mass is 10.2. The van der Waals surface area contributed by atoms with E-state index < -0.39 is 0 Å². The van der Waals surface area contributed by atoms with Crippen LogP contribution in [0.1, 0.15) is 12.5 Å². The molecule has 1 aromatic rings. The van der Waals surface area contributed by atoms with Gasteiger partial charge in [0.05, 0.1) is 10.0 Å². The van der Waals surface area contributed by atoms with Crippen molar-refractivity contribution in [2.24, 2.45) is 0 Å². The van der Waals surface area contributed by atoms with Crippen molar-refractivity contribution in [1.82, 2.24) is 10.6 Å². The lowest BCUT2D eigenvalue weighted by Gasteiger charge is -2.09. The van der Waals surface area contributed by atoms with Crippen molar-refractivity contribution in [3.8, 4) is 0 Å². The molecule has 2 nitrogen and oxygen atoms in total. The Morgan fingerprint density at radius 3 is 2.60 bits per heavy atom. The number of benzene rings is 1. The highest BCUT2D eigenvalue weighted by molar-refractivity contribution is 7.80. The van der Waals surface area contributed by atoms with Gasteiger partial charge in [0.1, 0.15) is 0 Å². The van der Waals surface area contributed by atoms with E-state index in [1.807, 2.05) is 19.1 Å². The maximum atomic E-state index is 5.88. The Kier molecular flexibility index (Phi) is 5.15. The quantitative estimate of drug-likeness (QED) is 0.820. The van der Waals surface area contributed by atoms with Crippen LogP contribution in [0.4, 0.5) is 0 Å². The smallest absolute Gasteiger partial charge is 0.166 e. The average molecular weight is 263 g/mol. The van der Waals surface area contributed by atoms with Gasteiger partial charge in [0.25, 0.3) is 0 Å². The highest BCUT2D eigenvalue weighted by Crippen LogP contribution is 2.22. The second-order valence-electron chi connectivity index (χ2n) is 2.96. The summed E-state index contributed by atoms with van der Waals surface area (Å²) >= 11 is 16.7. The van der Waals surface area contributed by atoms with Crippen LogP contribution in [0, 0.1) is 0 Å². The zero-order valence-electron chi connectivity index (χ0n) is 8.31. The fourth-order valence-electron chi connectivity index (χ4n) is 1.05. The predicted octanol–water partition coefficient (Wildman–Crippen LogP) is 2.98. The summed E-state index contributed by atoms with van der Waals surface area (Å²) in [5.41, 5.74) is 1.05. The first-order valence-electron chi connectivity index (χ1n) is 4.59. The maximum Gasteiger partial charge on any atom is 0.166 e. The molecule has 0 fully saturated rings. The molecule has 0 atom stereocenters. The van der Waals surface area contributed by atoms with Crippen molar-refractivity contribution in [2.75, 3.05) is 6.54 Å². The van der Waals surface area contributed by atoms with Crippen LogP contribution in [0.3, 0.4) is 0 Å². The summed E-state index contributed by atoms with van der Waals surface area (Å²) in [5.74, 6) is 0. The summed E-state index contributed by atoms with van der Waals surface area (Å²) in [4.78, 5) is 0. The number of hydrogen-bond donors (Lipinski definition) is 2. The third kappa shape index (κ3) is 4.24. The van der Waals surface area contributed by atoms with Crippen molar-refractivity contribution in [3.63, 3.8) is 0 Å². The molecule has 5 heteroatoms. The molecule has 0 saturated heterocycles. The topological polar surface area (TPSA) is 24.1 Å². The fraction of sp³-hybridized carbons (Fsp3) is 0.300. The number of halogens is 2. The van der Waals surface area contributed by atoms with E-state index >= 15 is 0 Å².